The van der Waals surface area contributed by atoms with E-state index in [2.05, 4.69) is 35.8 Å². The third-order valence-corrected chi connectivity index (χ3v) is 6.11. The quantitative estimate of drug-likeness (QED) is 0.774. The Morgan fingerprint density at radius 1 is 1.22 bits per heavy atom. The second-order valence-electron chi connectivity index (χ2n) is 7.95. The molecule has 1 aromatic rings. The number of carbonyl (C=O) groups excluding carboxylic acids is 1. The van der Waals surface area contributed by atoms with Gasteiger partial charge in [0.05, 0.1) is 19.0 Å². The van der Waals surface area contributed by atoms with Crippen molar-refractivity contribution in [1.29, 1.82) is 5.26 Å². The number of benzene rings is 1. The molecule has 1 atom stereocenters. The van der Waals surface area contributed by atoms with Crippen LogP contribution in [0.3, 0.4) is 0 Å². The van der Waals surface area contributed by atoms with Gasteiger partial charge in [0.2, 0.25) is 5.91 Å². The summed E-state index contributed by atoms with van der Waals surface area (Å²) < 4.78 is 0. The van der Waals surface area contributed by atoms with E-state index in [1.165, 1.54) is 37.9 Å². The van der Waals surface area contributed by atoms with Crippen molar-refractivity contribution in [3.05, 3.63) is 29.3 Å². The summed E-state index contributed by atoms with van der Waals surface area (Å²) in [7, 11) is 0. The Bertz CT molecular complexity index is 690. The molecule has 1 unspecified atom stereocenters. The third kappa shape index (κ3) is 4.88. The lowest BCUT2D eigenvalue weighted by atomic mass is 10.0. The predicted octanol–water partition coefficient (Wildman–Crippen LogP) is 3.11. The van der Waals surface area contributed by atoms with Crippen LogP contribution in [0.25, 0.3) is 0 Å². The van der Waals surface area contributed by atoms with E-state index in [-0.39, 0.29) is 5.91 Å². The largest absolute Gasteiger partial charge is 0.310 e. The van der Waals surface area contributed by atoms with Gasteiger partial charge in [0.15, 0.2) is 0 Å². The van der Waals surface area contributed by atoms with Crippen molar-refractivity contribution in [3.8, 4) is 6.07 Å². The zero-order valence-corrected chi connectivity index (χ0v) is 16.8. The van der Waals surface area contributed by atoms with E-state index in [1.807, 2.05) is 17.0 Å². The van der Waals surface area contributed by atoms with Gasteiger partial charge in [-0.25, -0.2) is 0 Å². The van der Waals surface area contributed by atoms with Gasteiger partial charge in [0, 0.05) is 24.8 Å². The van der Waals surface area contributed by atoms with Gasteiger partial charge in [-0.2, -0.15) is 5.26 Å². The Morgan fingerprint density at radius 2 is 2.00 bits per heavy atom. The first-order valence-electron chi connectivity index (χ1n) is 10.3. The van der Waals surface area contributed by atoms with Crippen LogP contribution < -0.4 is 4.90 Å². The van der Waals surface area contributed by atoms with E-state index < -0.39 is 0 Å². The fraction of sp³-hybridized carbons (Fsp3) is 0.636. The van der Waals surface area contributed by atoms with E-state index in [4.69, 9.17) is 5.26 Å². The minimum atomic E-state index is 0.112. The average molecular weight is 369 g/mol. The van der Waals surface area contributed by atoms with Gasteiger partial charge in [-0.15, -0.1) is 0 Å². The molecule has 3 rings (SSSR count). The molecule has 0 aromatic heterocycles. The molecule has 2 heterocycles. The second-order valence-corrected chi connectivity index (χ2v) is 7.95. The Kier molecular flexibility index (Phi) is 6.87. The average Bonchev–Trinajstić information content (AvgIpc) is 3.20. The summed E-state index contributed by atoms with van der Waals surface area (Å²) in [5.41, 5.74) is 3.25. The second kappa shape index (κ2) is 9.34. The zero-order valence-electron chi connectivity index (χ0n) is 16.8. The SMILES string of the molecule is Cc1cccc(N(CCC#N)C(=O)CN2CCCC(N3CCCC3)C2)c1C. The lowest BCUT2D eigenvalue weighted by Gasteiger charge is -2.38. The Labute approximate surface area is 163 Å². The number of nitriles is 1. The number of piperidine rings is 1. The lowest BCUT2D eigenvalue weighted by Crippen LogP contribution is -2.50. The molecule has 0 aliphatic carbocycles. The maximum atomic E-state index is 13.2. The number of aryl methyl sites for hydroxylation is 1. The minimum absolute atomic E-state index is 0.112. The molecule has 2 fully saturated rings. The highest BCUT2D eigenvalue weighted by molar-refractivity contribution is 5.95. The number of anilines is 1. The summed E-state index contributed by atoms with van der Waals surface area (Å²) in [5.74, 6) is 0.112. The van der Waals surface area contributed by atoms with Crippen LogP contribution in [0.15, 0.2) is 18.2 Å². The number of hydrogen-bond donors (Lipinski definition) is 0. The van der Waals surface area contributed by atoms with E-state index in [0.29, 0.717) is 25.6 Å². The van der Waals surface area contributed by atoms with Crippen molar-refractivity contribution in [2.45, 2.75) is 52.0 Å². The molecule has 0 bridgehead atoms. The van der Waals surface area contributed by atoms with Crippen LogP contribution in [-0.4, -0.2) is 61.0 Å². The van der Waals surface area contributed by atoms with Crippen LogP contribution >= 0.6 is 0 Å². The molecule has 0 spiro atoms. The summed E-state index contributed by atoms with van der Waals surface area (Å²) in [6.45, 7) is 9.44. The third-order valence-electron chi connectivity index (χ3n) is 6.11. The summed E-state index contributed by atoms with van der Waals surface area (Å²) in [4.78, 5) is 19.9. The molecule has 2 aliphatic rings. The fourth-order valence-electron chi connectivity index (χ4n) is 4.43. The first-order valence-corrected chi connectivity index (χ1v) is 10.3. The highest BCUT2D eigenvalue weighted by atomic mass is 16.2. The molecule has 27 heavy (non-hydrogen) atoms. The molecule has 0 radical (unpaired) electrons. The van der Waals surface area contributed by atoms with Crippen molar-refractivity contribution < 1.29 is 4.79 Å². The highest BCUT2D eigenvalue weighted by Crippen LogP contribution is 2.24. The molecule has 1 amide bonds. The van der Waals surface area contributed by atoms with Crippen molar-refractivity contribution >= 4 is 11.6 Å². The maximum Gasteiger partial charge on any atom is 0.241 e. The van der Waals surface area contributed by atoms with Crippen LogP contribution in [0, 0.1) is 25.2 Å². The van der Waals surface area contributed by atoms with Gasteiger partial charge >= 0.3 is 0 Å². The lowest BCUT2D eigenvalue weighted by molar-refractivity contribution is -0.120. The molecule has 2 saturated heterocycles. The standard InChI is InChI=1S/C22H32N4O/c1-18-8-5-10-21(19(18)2)26(15-7-11-23)22(27)17-24-12-6-9-20(16-24)25-13-3-4-14-25/h5,8,10,20H,3-4,6-7,9,12-17H2,1-2H3. The minimum Gasteiger partial charge on any atom is -0.310 e. The summed E-state index contributed by atoms with van der Waals surface area (Å²) >= 11 is 0. The van der Waals surface area contributed by atoms with Gasteiger partial charge in [-0.05, 0) is 76.4 Å². The van der Waals surface area contributed by atoms with Gasteiger partial charge in [0.1, 0.15) is 0 Å². The van der Waals surface area contributed by atoms with Crippen molar-refractivity contribution in [2.75, 3.05) is 44.2 Å². The van der Waals surface area contributed by atoms with E-state index in [1.54, 1.807) is 0 Å². The van der Waals surface area contributed by atoms with Gasteiger partial charge < -0.3 is 4.90 Å². The smallest absolute Gasteiger partial charge is 0.241 e. The van der Waals surface area contributed by atoms with E-state index in [9.17, 15) is 4.79 Å². The van der Waals surface area contributed by atoms with Crippen molar-refractivity contribution in [1.82, 2.24) is 9.80 Å². The zero-order chi connectivity index (χ0) is 19.2. The molecule has 5 nitrogen and oxygen atoms in total. The molecule has 1 aromatic carbocycles. The predicted molar refractivity (Wildman–Crippen MR) is 109 cm³/mol. The van der Waals surface area contributed by atoms with Crippen molar-refractivity contribution in [2.24, 2.45) is 0 Å². The Morgan fingerprint density at radius 3 is 2.74 bits per heavy atom. The topological polar surface area (TPSA) is 50.6 Å². The summed E-state index contributed by atoms with van der Waals surface area (Å²) in [6.07, 6.45) is 5.39. The van der Waals surface area contributed by atoms with Gasteiger partial charge in [-0.1, -0.05) is 12.1 Å². The number of likely N-dealkylation sites (tertiary alicyclic amines) is 2. The molecule has 146 valence electrons. The van der Waals surface area contributed by atoms with E-state index >= 15 is 0 Å². The number of carbonyl (C=O) groups is 1. The molecule has 0 N–H and O–H groups in total. The molecular weight excluding hydrogens is 336 g/mol. The molecule has 5 heteroatoms. The first-order chi connectivity index (χ1) is 13.1. The van der Waals surface area contributed by atoms with E-state index in [0.717, 1.165) is 30.8 Å². The number of hydrogen-bond acceptors (Lipinski definition) is 4. The van der Waals surface area contributed by atoms with Crippen LogP contribution in [0.1, 0.15) is 43.2 Å². The Hall–Kier alpha value is -1.90. The number of nitrogens with zero attached hydrogens (tertiary/aromatic N) is 4. The van der Waals surface area contributed by atoms with Crippen LogP contribution in [-0.2, 0) is 4.79 Å². The highest BCUT2D eigenvalue weighted by Gasteiger charge is 2.29. The first kappa shape index (κ1) is 19.9. The number of rotatable bonds is 6. The van der Waals surface area contributed by atoms with Crippen LogP contribution in [0.2, 0.25) is 0 Å². The molecular formula is C22H32N4O. The summed E-state index contributed by atoms with van der Waals surface area (Å²) in [5, 5.41) is 9.04. The van der Waals surface area contributed by atoms with Crippen LogP contribution in [0.4, 0.5) is 5.69 Å². The van der Waals surface area contributed by atoms with Gasteiger partial charge in [0.25, 0.3) is 0 Å². The Balaban J connectivity index is 1.68. The molecule has 0 saturated carbocycles. The fourth-order valence-corrected chi connectivity index (χ4v) is 4.43. The van der Waals surface area contributed by atoms with Gasteiger partial charge in [-0.3, -0.25) is 14.6 Å². The normalized spacial score (nSPS) is 21.1. The van der Waals surface area contributed by atoms with Crippen molar-refractivity contribution in [3.63, 3.8) is 0 Å². The number of amides is 1. The molecule has 2 aliphatic heterocycles. The maximum absolute atomic E-state index is 13.2. The summed E-state index contributed by atoms with van der Waals surface area (Å²) in [6, 6.07) is 8.85. The van der Waals surface area contributed by atoms with Crippen LogP contribution in [0.5, 0.6) is 0 Å². The monoisotopic (exact) mass is 368 g/mol.